The second kappa shape index (κ2) is 9.48. The number of nitrogens with zero attached hydrogens (tertiary/aromatic N) is 1. The van der Waals surface area contributed by atoms with Gasteiger partial charge in [-0.05, 0) is 72.7 Å². The number of aromatic nitrogens is 1. The molecule has 0 saturated heterocycles. The second-order valence-corrected chi connectivity index (χ2v) is 7.35. The highest BCUT2D eigenvalue weighted by Crippen LogP contribution is 2.38. The first kappa shape index (κ1) is 22.0. The lowest BCUT2D eigenvalue weighted by atomic mass is 10.1. The molecule has 1 aromatic heterocycles. The lowest BCUT2D eigenvalue weighted by Crippen LogP contribution is -1.97. The molecular weight excluding hydrogens is 420 g/mol. The Bertz CT molecular complexity index is 1300. The van der Waals surface area contributed by atoms with E-state index in [0.29, 0.717) is 34.4 Å². The number of benzene rings is 3. The van der Waals surface area contributed by atoms with Crippen LogP contribution in [0.3, 0.4) is 0 Å². The number of aryl methyl sites for hydroxylation is 1. The van der Waals surface area contributed by atoms with Gasteiger partial charge in [0.25, 0.3) is 6.01 Å². The maximum atomic E-state index is 12.6. The number of nitrogens with one attached hydrogen (secondary N) is 1. The monoisotopic (exact) mass is 444 g/mol. The van der Waals surface area contributed by atoms with E-state index in [9.17, 15) is 4.79 Å². The van der Waals surface area contributed by atoms with Crippen LogP contribution < -0.4 is 19.5 Å². The Morgan fingerprint density at radius 2 is 1.64 bits per heavy atom. The minimum atomic E-state index is -0.132. The van der Waals surface area contributed by atoms with Gasteiger partial charge in [0, 0.05) is 11.3 Å². The van der Waals surface area contributed by atoms with Gasteiger partial charge < -0.3 is 23.9 Å². The van der Waals surface area contributed by atoms with Crippen molar-refractivity contribution in [3.63, 3.8) is 0 Å². The molecule has 0 aliphatic heterocycles. The summed E-state index contributed by atoms with van der Waals surface area (Å²) in [5, 5.41) is 3.13. The standard InChI is InChI=1S/C26H24N2O5/c1-16-5-12-22-20(13-16)28-26(33-22)27-19-9-7-18(8-10-19)21(29)11-6-17-14-23(30-2)25(32-4)24(15-17)31-3/h5-15H,1-4H3,(H,27,28)/b11-6+. The van der Waals surface area contributed by atoms with E-state index in [0.717, 1.165) is 22.3 Å². The average molecular weight is 444 g/mol. The summed E-state index contributed by atoms with van der Waals surface area (Å²) in [5.74, 6) is 1.41. The number of ether oxygens (including phenoxy) is 3. The van der Waals surface area contributed by atoms with Crippen molar-refractivity contribution in [2.75, 3.05) is 26.6 Å². The SMILES string of the molecule is COc1cc(/C=C/C(=O)c2ccc(Nc3nc4cc(C)ccc4o3)cc2)cc(OC)c1OC. The number of hydrogen-bond donors (Lipinski definition) is 1. The molecule has 168 valence electrons. The third-order valence-corrected chi connectivity index (χ3v) is 5.08. The van der Waals surface area contributed by atoms with Crippen LogP contribution in [0.15, 0.2) is 65.1 Å². The largest absolute Gasteiger partial charge is 0.493 e. The highest BCUT2D eigenvalue weighted by molar-refractivity contribution is 6.07. The van der Waals surface area contributed by atoms with E-state index in [1.54, 1.807) is 63.8 Å². The first-order chi connectivity index (χ1) is 16.0. The van der Waals surface area contributed by atoms with Crippen LogP contribution in [0.5, 0.6) is 17.2 Å². The van der Waals surface area contributed by atoms with Gasteiger partial charge in [-0.3, -0.25) is 4.79 Å². The number of hydrogen-bond acceptors (Lipinski definition) is 7. The minimum Gasteiger partial charge on any atom is -0.493 e. The fourth-order valence-corrected chi connectivity index (χ4v) is 3.40. The van der Waals surface area contributed by atoms with Crippen LogP contribution in [-0.2, 0) is 0 Å². The summed E-state index contributed by atoms with van der Waals surface area (Å²) in [7, 11) is 4.64. The quantitative estimate of drug-likeness (QED) is 0.272. The summed E-state index contributed by atoms with van der Waals surface area (Å²) in [4.78, 5) is 17.1. The Labute approximate surface area is 191 Å². The number of allylic oxidation sites excluding steroid dienone is 1. The van der Waals surface area contributed by atoms with Crippen LogP contribution in [0.4, 0.5) is 11.7 Å². The number of ketones is 1. The molecule has 3 aromatic carbocycles. The zero-order valence-electron chi connectivity index (χ0n) is 18.8. The molecule has 0 aliphatic carbocycles. The minimum absolute atomic E-state index is 0.132. The highest BCUT2D eigenvalue weighted by Gasteiger charge is 2.12. The lowest BCUT2D eigenvalue weighted by molar-refractivity contribution is 0.104. The Morgan fingerprint density at radius 3 is 2.27 bits per heavy atom. The van der Waals surface area contributed by atoms with Gasteiger partial charge in [0.15, 0.2) is 22.9 Å². The Kier molecular flexibility index (Phi) is 6.31. The third-order valence-electron chi connectivity index (χ3n) is 5.08. The van der Waals surface area contributed by atoms with Crippen molar-refractivity contribution < 1.29 is 23.4 Å². The molecule has 7 nitrogen and oxygen atoms in total. The molecular formula is C26H24N2O5. The maximum absolute atomic E-state index is 12.6. The summed E-state index contributed by atoms with van der Waals surface area (Å²) in [5.41, 5.74) is 4.70. The molecule has 0 bridgehead atoms. The maximum Gasteiger partial charge on any atom is 0.300 e. The van der Waals surface area contributed by atoms with Crippen LogP contribution >= 0.6 is 0 Å². The van der Waals surface area contributed by atoms with Crippen molar-refractivity contribution in [1.82, 2.24) is 4.98 Å². The number of carbonyl (C=O) groups excluding carboxylic acids is 1. The molecule has 0 saturated carbocycles. The van der Waals surface area contributed by atoms with Gasteiger partial charge in [-0.1, -0.05) is 12.1 Å². The summed E-state index contributed by atoms with van der Waals surface area (Å²) in [6.45, 7) is 2.01. The Morgan fingerprint density at radius 1 is 0.939 bits per heavy atom. The smallest absolute Gasteiger partial charge is 0.300 e. The average Bonchev–Trinajstić information content (AvgIpc) is 3.23. The van der Waals surface area contributed by atoms with E-state index in [1.807, 2.05) is 25.1 Å². The van der Waals surface area contributed by atoms with Crippen LogP contribution in [0.2, 0.25) is 0 Å². The van der Waals surface area contributed by atoms with E-state index in [2.05, 4.69) is 10.3 Å². The van der Waals surface area contributed by atoms with Crippen molar-refractivity contribution in [3.05, 3.63) is 77.4 Å². The molecule has 0 spiro atoms. The highest BCUT2D eigenvalue weighted by atomic mass is 16.5. The van der Waals surface area contributed by atoms with Crippen molar-refractivity contribution >= 4 is 34.7 Å². The summed E-state index contributed by atoms with van der Waals surface area (Å²) >= 11 is 0. The number of rotatable bonds is 8. The van der Waals surface area contributed by atoms with E-state index in [-0.39, 0.29) is 5.78 Å². The molecule has 0 aliphatic rings. The van der Waals surface area contributed by atoms with Crippen LogP contribution in [0.1, 0.15) is 21.5 Å². The fraction of sp³-hybridized carbons (Fsp3) is 0.154. The first-order valence-corrected chi connectivity index (χ1v) is 10.3. The van der Waals surface area contributed by atoms with Gasteiger partial charge in [-0.2, -0.15) is 4.98 Å². The van der Waals surface area contributed by atoms with Gasteiger partial charge in [0.1, 0.15) is 5.52 Å². The third kappa shape index (κ3) is 4.82. The zero-order chi connectivity index (χ0) is 23.4. The number of oxazole rings is 1. The van der Waals surface area contributed by atoms with Gasteiger partial charge in [0.2, 0.25) is 5.75 Å². The number of fused-ring (bicyclic) bond motifs is 1. The van der Waals surface area contributed by atoms with Gasteiger partial charge in [0.05, 0.1) is 21.3 Å². The van der Waals surface area contributed by atoms with Gasteiger partial charge in [-0.25, -0.2) is 0 Å². The number of methoxy groups -OCH3 is 3. The van der Waals surface area contributed by atoms with Gasteiger partial charge in [-0.15, -0.1) is 0 Å². The molecule has 33 heavy (non-hydrogen) atoms. The zero-order valence-corrected chi connectivity index (χ0v) is 18.8. The molecule has 0 unspecified atom stereocenters. The second-order valence-electron chi connectivity index (χ2n) is 7.35. The van der Waals surface area contributed by atoms with Crippen LogP contribution in [-0.4, -0.2) is 32.1 Å². The molecule has 0 amide bonds. The van der Waals surface area contributed by atoms with Crippen LogP contribution in [0.25, 0.3) is 17.2 Å². The molecule has 0 radical (unpaired) electrons. The Hall–Kier alpha value is -4.26. The van der Waals surface area contributed by atoms with Crippen molar-refractivity contribution in [1.29, 1.82) is 0 Å². The molecule has 4 rings (SSSR count). The van der Waals surface area contributed by atoms with Gasteiger partial charge >= 0.3 is 0 Å². The summed E-state index contributed by atoms with van der Waals surface area (Å²) in [6, 6.07) is 16.9. The summed E-state index contributed by atoms with van der Waals surface area (Å²) in [6.07, 6.45) is 3.21. The molecule has 1 N–H and O–H groups in total. The molecule has 0 atom stereocenters. The van der Waals surface area contributed by atoms with Crippen LogP contribution in [0, 0.1) is 6.92 Å². The number of carbonyl (C=O) groups is 1. The van der Waals surface area contributed by atoms with Crippen molar-refractivity contribution in [2.45, 2.75) is 6.92 Å². The molecule has 4 aromatic rings. The molecule has 0 fully saturated rings. The summed E-state index contributed by atoms with van der Waals surface area (Å²) < 4.78 is 21.8. The normalized spacial score (nSPS) is 11.0. The molecule has 7 heteroatoms. The van der Waals surface area contributed by atoms with Crippen molar-refractivity contribution in [2.24, 2.45) is 0 Å². The Balaban J connectivity index is 1.47. The fourth-order valence-electron chi connectivity index (χ4n) is 3.40. The predicted molar refractivity (Wildman–Crippen MR) is 128 cm³/mol. The van der Waals surface area contributed by atoms with E-state index in [4.69, 9.17) is 18.6 Å². The lowest BCUT2D eigenvalue weighted by Gasteiger charge is -2.12. The van der Waals surface area contributed by atoms with E-state index in [1.165, 1.54) is 6.08 Å². The van der Waals surface area contributed by atoms with Crippen molar-refractivity contribution in [3.8, 4) is 17.2 Å². The first-order valence-electron chi connectivity index (χ1n) is 10.3. The topological polar surface area (TPSA) is 82.8 Å². The number of anilines is 2. The predicted octanol–water partition coefficient (Wildman–Crippen LogP) is 5.80. The van der Waals surface area contributed by atoms with E-state index < -0.39 is 0 Å². The van der Waals surface area contributed by atoms with E-state index >= 15 is 0 Å². The molecule has 1 heterocycles.